The summed E-state index contributed by atoms with van der Waals surface area (Å²) < 4.78 is 5.78. The predicted molar refractivity (Wildman–Crippen MR) is 115 cm³/mol. The lowest BCUT2D eigenvalue weighted by Gasteiger charge is -2.30. The van der Waals surface area contributed by atoms with Gasteiger partial charge >= 0.3 is 0 Å². The molecule has 0 aliphatic carbocycles. The molecular formula is C20H26N3O3S2+. The van der Waals surface area contributed by atoms with Crippen molar-refractivity contribution in [2.75, 3.05) is 46.9 Å². The van der Waals surface area contributed by atoms with Gasteiger partial charge in [0.05, 0.1) is 45.2 Å². The second kappa shape index (κ2) is 9.54. The lowest BCUT2D eigenvalue weighted by Crippen LogP contribution is -3.12. The number of amides is 2. The van der Waals surface area contributed by atoms with Crippen molar-refractivity contribution in [1.82, 2.24) is 9.80 Å². The molecule has 6 nitrogen and oxygen atoms in total. The van der Waals surface area contributed by atoms with E-state index in [1.807, 2.05) is 35.2 Å². The molecule has 1 aromatic carbocycles. The predicted octanol–water partition coefficient (Wildman–Crippen LogP) is 1.03. The fourth-order valence-electron chi connectivity index (χ4n) is 3.26. The van der Waals surface area contributed by atoms with Gasteiger partial charge in [-0.2, -0.15) is 0 Å². The Labute approximate surface area is 175 Å². The van der Waals surface area contributed by atoms with Gasteiger partial charge in [0.15, 0.2) is 0 Å². The third-order valence-electron chi connectivity index (χ3n) is 5.01. The third kappa shape index (κ3) is 5.12. The lowest BCUT2D eigenvalue weighted by atomic mass is 10.2. The number of rotatable bonds is 6. The van der Waals surface area contributed by atoms with Crippen LogP contribution in [0.3, 0.4) is 0 Å². The van der Waals surface area contributed by atoms with E-state index in [1.54, 1.807) is 12.0 Å². The molecule has 3 rings (SSSR count). The molecule has 0 bridgehead atoms. The van der Waals surface area contributed by atoms with E-state index in [1.165, 1.54) is 16.7 Å². The number of carbonyl (C=O) groups is 2. The molecule has 0 spiro atoms. The standard InChI is InChI=1S/C20H25N3O3S2/c1-21-9-11-22(12-10-21)18(24)7-4-8-23-19(25)17(28-20(23)27)14-15-5-3-6-16(13-15)26-2/h3,5-6,13-14H,4,7-12H2,1-2H3/p+1/b17-14-. The van der Waals surface area contributed by atoms with Gasteiger partial charge in [-0.15, -0.1) is 0 Å². The minimum atomic E-state index is -0.0894. The van der Waals surface area contributed by atoms with Crippen LogP contribution in [0.25, 0.3) is 6.08 Å². The SMILES string of the molecule is COc1cccc(/C=C2\SC(=S)N(CCCC(=O)N3CC[NH+](C)CC3)C2=O)c1. The number of carbonyl (C=O) groups excluding carboxylic acids is 2. The van der Waals surface area contributed by atoms with Crippen molar-refractivity contribution in [1.29, 1.82) is 0 Å². The van der Waals surface area contributed by atoms with Crippen LogP contribution in [-0.2, 0) is 9.59 Å². The summed E-state index contributed by atoms with van der Waals surface area (Å²) in [5.74, 6) is 0.826. The maximum atomic E-state index is 12.7. The Balaban J connectivity index is 1.53. The van der Waals surface area contributed by atoms with Crippen LogP contribution >= 0.6 is 24.0 Å². The highest BCUT2D eigenvalue weighted by Crippen LogP contribution is 2.33. The van der Waals surface area contributed by atoms with Gasteiger partial charge in [-0.25, -0.2) is 0 Å². The van der Waals surface area contributed by atoms with Crippen LogP contribution in [0.5, 0.6) is 5.75 Å². The van der Waals surface area contributed by atoms with E-state index in [-0.39, 0.29) is 11.8 Å². The quantitative estimate of drug-likeness (QED) is 0.550. The van der Waals surface area contributed by atoms with Gasteiger partial charge in [0, 0.05) is 13.0 Å². The molecule has 0 saturated carbocycles. The Bertz CT molecular complexity index is 789. The van der Waals surface area contributed by atoms with E-state index in [0.717, 1.165) is 37.5 Å². The van der Waals surface area contributed by atoms with Crippen LogP contribution in [-0.4, -0.2) is 72.8 Å². The largest absolute Gasteiger partial charge is 0.497 e. The first-order valence-corrected chi connectivity index (χ1v) is 10.7. The van der Waals surface area contributed by atoms with Crippen LogP contribution in [0.15, 0.2) is 29.2 Å². The first-order chi connectivity index (χ1) is 13.5. The van der Waals surface area contributed by atoms with Gasteiger partial charge in [0.1, 0.15) is 10.1 Å². The molecule has 0 aromatic heterocycles. The molecule has 0 unspecified atom stereocenters. The second-order valence-electron chi connectivity index (χ2n) is 7.05. The number of thioether (sulfide) groups is 1. The van der Waals surface area contributed by atoms with Crippen molar-refractivity contribution >= 4 is 46.2 Å². The molecule has 2 fully saturated rings. The number of likely N-dealkylation sites (N-methyl/N-ethyl adjacent to an activating group) is 1. The van der Waals surface area contributed by atoms with Crippen molar-refractivity contribution in [3.63, 3.8) is 0 Å². The van der Waals surface area contributed by atoms with E-state index in [4.69, 9.17) is 17.0 Å². The molecule has 2 amide bonds. The highest BCUT2D eigenvalue weighted by atomic mass is 32.2. The molecule has 2 saturated heterocycles. The zero-order valence-corrected chi connectivity index (χ0v) is 17.9. The number of quaternary nitrogens is 1. The summed E-state index contributed by atoms with van der Waals surface area (Å²) in [6, 6.07) is 7.55. The Morgan fingerprint density at radius 1 is 1.36 bits per heavy atom. The van der Waals surface area contributed by atoms with Crippen molar-refractivity contribution in [2.24, 2.45) is 0 Å². The number of hydrogen-bond acceptors (Lipinski definition) is 5. The van der Waals surface area contributed by atoms with Crippen LogP contribution in [0.4, 0.5) is 0 Å². The highest BCUT2D eigenvalue weighted by molar-refractivity contribution is 8.26. The molecule has 8 heteroatoms. The molecule has 2 heterocycles. The normalized spacial score (nSPS) is 19.6. The Morgan fingerprint density at radius 3 is 2.82 bits per heavy atom. The van der Waals surface area contributed by atoms with E-state index >= 15 is 0 Å². The number of ether oxygens (including phenoxy) is 1. The minimum absolute atomic E-state index is 0.0894. The monoisotopic (exact) mass is 420 g/mol. The molecule has 1 aromatic rings. The molecule has 150 valence electrons. The summed E-state index contributed by atoms with van der Waals surface area (Å²) in [4.78, 5) is 30.7. The number of methoxy groups -OCH3 is 1. The maximum Gasteiger partial charge on any atom is 0.266 e. The molecule has 2 aliphatic heterocycles. The lowest BCUT2D eigenvalue weighted by molar-refractivity contribution is -0.883. The second-order valence-corrected chi connectivity index (χ2v) is 8.73. The topological polar surface area (TPSA) is 54.3 Å². The molecule has 2 aliphatic rings. The summed E-state index contributed by atoms with van der Waals surface area (Å²) in [6.45, 7) is 4.10. The Morgan fingerprint density at radius 2 is 2.11 bits per heavy atom. The van der Waals surface area contributed by atoms with Crippen LogP contribution in [0.2, 0.25) is 0 Å². The fraction of sp³-hybridized carbons (Fsp3) is 0.450. The van der Waals surface area contributed by atoms with Crippen LogP contribution < -0.4 is 9.64 Å². The third-order valence-corrected chi connectivity index (χ3v) is 6.38. The van der Waals surface area contributed by atoms with Crippen molar-refractivity contribution in [2.45, 2.75) is 12.8 Å². The average molecular weight is 421 g/mol. The first-order valence-electron chi connectivity index (χ1n) is 9.46. The fourth-order valence-corrected chi connectivity index (χ4v) is 4.57. The zero-order chi connectivity index (χ0) is 20.1. The molecule has 0 atom stereocenters. The number of hydrogen-bond donors (Lipinski definition) is 1. The van der Waals surface area contributed by atoms with Gasteiger partial charge in [-0.1, -0.05) is 36.1 Å². The van der Waals surface area contributed by atoms with Gasteiger partial charge in [0.2, 0.25) is 5.91 Å². The number of thiocarbonyl (C=S) groups is 1. The minimum Gasteiger partial charge on any atom is -0.497 e. The number of nitrogens with one attached hydrogen (secondary N) is 1. The molecule has 28 heavy (non-hydrogen) atoms. The summed E-state index contributed by atoms with van der Waals surface area (Å²) in [6.07, 6.45) is 2.90. The van der Waals surface area contributed by atoms with E-state index in [9.17, 15) is 9.59 Å². The van der Waals surface area contributed by atoms with Gasteiger partial charge in [-0.3, -0.25) is 14.5 Å². The van der Waals surface area contributed by atoms with Crippen LogP contribution in [0.1, 0.15) is 18.4 Å². The number of nitrogens with zero attached hydrogens (tertiary/aromatic N) is 2. The summed E-state index contributed by atoms with van der Waals surface area (Å²) in [7, 11) is 3.76. The van der Waals surface area contributed by atoms with Crippen molar-refractivity contribution < 1.29 is 19.2 Å². The highest BCUT2D eigenvalue weighted by Gasteiger charge is 2.32. The Kier molecular flexibility index (Phi) is 7.09. The zero-order valence-electron chi connectivity index (χ0n) is 16.3. The molecular weight excluding hydrogens is 394 g/mol. The summed E-state index contributed by atoms with van der Waals surface area (Å²) in [5.41, 5.74) is 0.896. The smallest absolute Gasteiger partial charge is 0.266 e. The molecule has 0 radical (unpaired) electrons. The Hall–Kier alpha value is -1.90. The number of benzene rings is 1. The average Bonchev–Trinajstić information content (AvgIpc) is 2.96. The maximum absolute atomic E-state index is 12.7. The van der Waals surface area contributed by atoms with E-state index < -0.39 is 0 Å². The summed E-state index contributed by atoms with van der Waals surface area (Å²) in [5, 5.41) is 0. The summed E-state index contributed by atoms with van der Waals surface area (Å²) >= 11 is 6.69. The van der Waals surface area contributed by atoms with Gasteiger partial charge < -0.3 is 14.5 Å². The molecule has 1 N–H and O–H groups in total. The van der Waals surface area contributed by atoms with Crippen molar-refractivity contribution in [3.05, 3.63) is 34.7 Å². The van der Waals surface area contributed by atoms with E-state index in [2.05, 4.69) is 7.05 Å². The van der Waals surface area contributed by atoms with Gasteiger partial charge in [-0.05, 0) is 30.2 Å². The van der Waals surface area contributed by atoms with Crippen molar-refractivity contribution in [3.8, 4) is 5.75 Å². The van der Waals surface area contributed by atoms with E-state index in [0.29, 0.717) is 28.6 Å². The number of piperazine rings is 1. The first kappa shape index (κ1) is 20.8. The van der Waals surface area contributed by atoms with Gasteiger partial charge in [0.25, 0.3) is 5.91 Å². The van der Waals surface area contributed by atoms with Crippen LogP contribution in [0, 0.1) is 0 Å².